The maximum absolute atomic E-state index is 6.56. The smallest absolute Gasteiger partial charge is 0.144 e. The van der Waals surface area contributed by atoms with Crippen LogP contribution < -0.4 is 0 Å². The number of aromatic nitrogens is 2. The molecule has 39 heavy (non-hydrogen) atoms. The second-order valence-electron chi connectivity index (χ2n) is 13.1. The Balaban J connectivity index is 1.54. The SMILES string of the molecule is Cc1cccc(C)c1-c1cnc(-c2cccc3c2oc2cc4nc(C(C)(C)C)sc4cc23)cc1CC(C)(C)C. The molecule has 198 valence electrons. The molecular weight excluding hydrogens is 496 g/mol. The van der Waals surface area contributed by atoms with Gasteiger partial charge in [0, 0.05) is 39.6 Å². The van der Waals surface area contributed by atoms with Crippen LogP contribution in [-0.4, -0.2) is 9.97 Å². The summed E-state index contributed by atoms with van der Waals surface area (Å²) in [5, 5.41) is 3.40. The monoisotopic (exact) mass is 532 g/mol. The summed E-state index contributed by atoms with van der Waals surface area (Å²) in [5.41, 5.74) is 11.3. The van der Waals surface area contributed by atoms with Crippen LogP contribution in [0.3, 0.4) is 0 Å². The van der Waals surface area contributed by atoms with E-state index in [0.717, 1.165) is 50.1 Å². The van der Waals surface area contributed by atoms with E-state index in [2.05, 4.69) is 116 Å². The number of nitrogens with zero attached hydrogens (tertiary/aromatic N) is 2. The molecule has 0 aliphatic rings. The van der Waals surface area contributed by atoms with E-state index >= 15 is 0 Å². The molecule has 6 aromatic rings. The molecule has 4 heteroatoms. The van der Waals surface area contributed by atoms with Gasteiger partial charge in [0.25, 0.3) is 0 Å². The topological polar surface area (TPSA) is 38.9 Å². The Labute approximate surface area is 234 Å². The predicted molar refractivity (Wildman–Crippen MR) is 167 cm³/mol. The van der Waals surface area contributed by atoms with Crippen molar-refractivity contribution in [3.05, 3.63) is 82.5 Å². The molecule has 3 aromatic heterocycles. The summed E-state index contributed by atoms with van der Waals surface area (Å²) in [7, 11) is 0. The van der Waals surface area contributed by atoms with Crippen molar-refractivity contribution >= 4 is 43.5 Å². The predicted octanol–water partition coefficient (Wildman–Crippen LogP) is 10.4. The zero-order valence-electron chi connectivity index (χ0n) is 24.2. The van der Waals surface area contributed by atoms with Gasteiger partial charge in [-0.25, -0.2) is 4.98 Å². The standard InChI is InChI=1S/C35H36N2OS/c1-20-11-9-12-21(2)31(20)26-19-36-27(15-22(26)18-34(3,4)5)24-14-10-13-23-25-16-30-28(17-29(25)38-32(23)24)37-33(39-30)35(6,7)8/h9-17,19H,18H2,1-8H3. The molecule has 0 atom stereocenters. The Bertz CT molecular complexity index is 1860. The fourth-order valence-corrected chi connectivity index (χ4v) is 6.61. The van der Waals surface area contributed by atoms with Crippen molar-refractivity contribution in [1.82, 2.24) is 9.97 Å². The Morgan fingerprint density at radius 3 is 2.23 bits per heavy atom. The summed E-state index contributed by atoms with van der Waals surface area (Å²) in [4.78, 5) is 9.96. The highest BCUT2D eigenvalue weighted by Gasteiger charge is 2.22. The van der Waals surface area contributed by atoms with E-state index in [1.807, 2.05) is 0 Å². The summed E-state index contributed by atoms with van der Waals surface area (Å²) in [5.74, 6) is 0. The number of thiazole rings is 1. The number of furan rings is 1. The Hall–Kier alpha value is -3.50. The number of hydrogen-bond acceptors (Lipinski definition) is 4. The van der Waals surface area contributed by atoms with Gasteiger partial charge in [-0.2, -0.15) is 0 Å². The van der Waals surface area contributed by atoms with E-state index in [1.165, 1.54) is 32.5 Å². The van der Waals surface area contributed by atoms with Gasteiger partial charge in [-0.15, -0.1) is 11.3 Å². The van der Waals surface area contributed by atoms with Gasteiger partial charge in [0.15, 0.2) is 0 Å². The largest absolute Gasteiger partial charge is 0.455 e. The molecule has 6 rings (SSSR count). The first-order chi connectivity index (χ1) is 18.4. The van der Waals surface area contributed by atoms with Crippen molar-refractivity contribution < 1.29 is 4.42 Å². The van der Waals surface area contributed by atoms with Crippen LogP contribution in [0.15, 0.2) is 65.2 Å². The molecule has 0 bridgehead atoms. The highest BCUT2D eigenvalue weighted by atomic mass is 32.1. The van der Waals surface area contributed by atoms with E-state index in [-0.39, 0.29) is 10.8 Å². The third kappa shape index (κ3) is 4.65. The van der Waals surface area contributed by atoms with Crippen LogP contribution >= 0.6 is 11.3 Å². The normalized spacial score (nSPS) is 12.7. The third-order valence-corrected chi connectivity index (χ3v) is 8.83. The number of hydrogen-bond donors (Lipinski definition) is 0. The summed E-state index contributed by atoms with van der Waals surface area (Å²) in [6, 6.07) is 19.5. The molecule has 3 heterocycles. The summed E-state index contributed by atoms with van der Waals surface area (Å²) in [6.07, 6.45) is 3.03. The van der Waals surface area contributed by atoms with Gasteiger partial charge in [-0.05, 0) is 66.1 Å². The molecule has 3 nitrogen and oxygen atoms in total. The molecule has 3 aromatic carbocycles. The molecule has 0 saturated carbocycles. The van der Waals surface area contributed by atoms with Gasteiger partial charge in [0.2, 0.25) is 0 Å². The van der Waals surface area contributed by atoms with Crippen molar-refractivity contribution in [2.24, 2.45) is 5.41 Å². The number of benzene rings is 3. The van der Waals surface area contributed by atoms with Crippen LogP contribution in [0.4, 0.5) is 0 Å². The van der Waals surface area contributed by atoms with E-state index < -0.39 is 0 Å². The molecule has 0 saturated heterocycles. The molecule has 0 radical (unpaired) electrons. The lowest BCUT2D eigenvalue weighted by molar-refractivity contribution is 0.411. The molecule has 0 fully saturated rings. The lowest BCUT2D eigenvalue weighted by Crippen LogP contribution is -2.11. The third-order valence-electron chi connectivity index (χ3n) is 7.39. The molecule has 0 unspecified atom stereocenters. The summed E-state index contributed by atoms with van der Waals surface area (Å²) >= 11 is 1.78. The first kappa shape index (κ1) is 25.8. The van der Waals surface area contributed by atoms with E-state index in [9.17, 15) is 0 Å². The number of aryl methyl sites for hydroxylation is 2. The second kappa shape index (κ2) is 9.02. The zero-order chi connectivity index (χ0) is 27.7. The maximum atomic E-state index is 6.56. The van der Waals surface area contributed by atoms with E-state index in [4.69, 9.17) is 14.4 Å². The van der Waals surface area contributed by atoms with E-state index in [0.29, 0.717) is 0 Å². The van der Waals surface area contributed by atoms with Crippen LogP contribution in [-0.2, 0) is 11.8 Å². The zero-order valence-corrected chi connectivity index (χ0v) is 25.0. The van der Waals surface area contributed by atoms with Crippen LogP contribution in [0.2, 0.25) is 0 Å². The Morgan fingerprint density at radius 2 is 1.54 bits per heavy atom. The quantitative estimate of drug-likeness (QED) is 0.227. The minimum absolute atomic E-state index is 0.0273. The molecule has 0 N–H and O–H groups in total. The fraction of sp³-hybridized carbons (Fsp3) is 0.314. The van der Waals surface area contributed by atoms with Gasteiger partial charge >= 0.3 is 0 Å². The highest BCUT2D eigenvalue weighted by molar-refractivity contribution is 7.18. The Kier molecular flexibility index (Phi) is 5.96. The molecule has 0 aliphatic carbocycles. The highest BCUT2D eigenvalue weighted by Crippen LogP contribution is 2.41. The van der Waals surface area contributed by atoms with Crippen LogP contribution in [0, 0.1) is 19.3 Å². The first-order valence-electron chi connectivity index (χ1n) is 13.7. The number of pyridine rings is 1. The molecule has 0 amide bonds. The average molecular weight is 533 g/mol. The number of rotatable bonds is 3. The van der Waals surface area contributed by atoms with Crippen LogP contribution in [0.25, 0.3) is 54.5 Å². The van der Waals surface area contributed by atoms with Crippen LogP contribution in [0.5, 0.6) is 0 Å². The second-order valence-corrected chi connectivity index (χ2v) is 14.1. The summed E-state index contributed by atoms with van der Waals surface area (Å²) in [6.45, 7) is 17.9. The minimum Gasteiger partial charge on any atom is -0.455 e. The van der Waals surface area contributed by atoms with Gasteiger partial charge in [0.1, 0.15) is 11.2 Å². The summed E-state index contributed by atoms with van der Waals surface area (Å²) < 4.78 is 7.76. The maximum Gasteiger partial charge on any atom is 0.144 e. The van der Waals surface area contributed by atoms with Gasteiger partial charge in [-0.3, -0.25) is 4.98 Å². The van der Waals surface area contributed by atoms with Crippen molar-refractivity contribution in [3.63, 3.8) is 0 Å². The number of para-hydroxylation sites is 1. The lowest BCUT2D eigenvalue weighted by atomic mass is 9.83. The average Bonchev–Trinajstić information content (AvgIpc) is 3.43. The molecule has 0 aliphatic heterocycles. The van der Waals surface area contributed by atoms with Crippen LogP contribution in [0.1, 0.15) is 63.2 Å². The van der Waals surface area contributed by atoms with Gasteiger partial charge in [0.05, 0.1) is 20.9 Å². The molecular formula is C35H36N2OS. The van der Waals surface area contributed by atoms with Crippen molar-refractivity contribution in [3.8, 4) is 22.4 Å². The lowest BCUT2D eigenvalue weighted by Gasteiger charge is -2.22. The fourth-order valence-electron chi connectivity index (χ4n) is 5.57. The van der Waals surface area contributed by atoms with Gasteiger partial charge in [-0.1, -0.05) is 71.9 Å². The molecule has 0 spiro atoms. The first-order valence-corrected chi connectivity index (χ1v) is 14.5. The Morgan fingerprint density at radius 1 is 0.821 bits per heavy atom. The minimum atomic E-state index is 0.0273. The van der Waals surface area contributed by atoms with Crippen molar-refractivity contribution in [2.45, 2.75) is 67.2 Å². The van der Waals surface area contributed by atoms with Gasteiger partial charge < -0.3 is 4.42 Å². The van der Waals surface area contributed by atoms with E-state index in [1.54, 1.807) is 11.3 Å². The van der Waals surface area contributed by atoms with Crippen molar-refractivity contribution in [1.29, 1.82) is 0 Å². The number of fused-ring (bicyclic) bond motifs is 4. The van der Waals surface area contributed by atoms with Crippen molar-refractivity contribution in [2.75, 3.05) is 0 Å².